The molecular formula is C18H26N6OS. The first-order chi connectivity index (χ1) is 12.5. The van der Waals surface area contributed by atoms with E-state index < -0.39 is 0 Å². The third-order valence-corrected chi connectivity index (χ3v) is 5.80. The zero-order chi connectivity index (χ0) is 18.7. The summed E-state index contributed by atoms with van der Waals surface area (Å²) in [4.78, 5) is 17.1. The number of hydrogen-bond donors (Lipinski definition) is 0. The zero-order valence-electron chi connectivity index (χ0n) is 15.8. The standard InChI is InChI=1S/C18H26N6OS/c1-5-22-8-10-23(11-9-22)17(25)15(4)26-18-19-20-21-24(18)16-7-6-13(2)12-14(16)3/h6-7,12,15H,5,8-11H2,1-4H3/t15-/m0/s1. The van der Waals surface area contributed by atoms with E-state index in [2.05, 4.69) is 40.3 Å². The van der Waals surface area contributed by atoms with Crippen LogP contribution in [-0.4, -0.2) is 73.9 Å². The predicted octanol–water partition coefficient (Wildman–Crippen LogP) is 1.92. The second-order valence-electron chi connectivity index (χ2n) is 6.68. The summed E-state index contributed by atoms with van der Waals surface area (Å²) in [6, 6.07) is 6.16. The first-order valence-corrected chi connectivity index (χ1v) is 9.91. The molecule has 0 spiro atoms. The summed E-state index contributed by atoms with van der Waals surface area (Å²) < 4.78 is 1.72. The van der Waals surface area contributed by atoms with E-state index in [9.17, 15) is 4.79 Å². The average Bonchev–Trinajstić information content (AvgIpc) is 3.09. The second kappa shape index (κ2) is 8.18. The number of amides is 1. The Hall–Kier alpha value is -1.93. The Balaban J connectivity index is 1.70. The van der Waals surface area contributed by atoms with Crippen molar-refractivity contribution in [3.05, 3.63) is 29.3 Å². The third kappa shape index (κ3) is 4.07. The van der Waals surface area contributed by atoms with Crippen molar-refractivity contribution in [2.75, 3.05) is 32.7 Å². The quantitative estimate of drug-likeness (QED) is 0.745. The highest BCUT2D eigenvalue weighted by Crippen LogP contribution is 2.26. The number of piperazine rings is 1. The van der Waals surface area contributed by atoms with Gasteiger partial charge in [0.15, 0.2) is 0 Å². The second-order valence-corrected chi connectivity index (χ2v) is 7.99. The molecule has 1 aromatic carbocycles. The molecular weight excluding hydrogens is 348 g/mol. The van der Waals surface area contributed by atoms with Crippen LogP contribution in [0.25, 0.3) is 5.69 Å². The van der Waals surface area contributed by atoms with E-state index >= 15 is 0 Å². The van der Waals surface area contributed by atoms with Gasteiger partial charge in [0, 0.05) is 26.2 Å². The Bertz CT molecular complexity index is 769. The Morgan fingerprint density at radius 1 is 1.23 bits per heavy atom. The number of aromatic nitrogens is 4. The SMILES string of the molecule is CCN1CCN(C(=O)[C@H](C)Sc2nnnn2-c2ccc(C)cc2C)CC1. The number of thioether (sulfide) groups is 1. The number of aryl methyl sites for hydroxylation is 2. The van der Waals surface area contributed by atoms with Crippen LogP contribution < -0.4 is 0 Å². The highest BCUT2D eigenvalue weighted by atomic mass is 32.2. The minimum Gasteiger partial charge on any atom is -0.339 e. The van der Waals surface area contributed by atoms with Gasteiger partial charge < -0.3 is 9.80 Å². The molecule has 0 radical (unpaired) electrons. The van der Waals surface area contributed by atoms with Gasteiger partial charge in [0.25, 0.3) is 0 Å². The van der Waals surface area contributed by atoms with Crippen LogP contribution in [-0.2, 0) is 4.79 Å². The van der Waals surface area contributed by atoms with E-state index in [4.69, 9.17) is 0 Å². The van der Waals surface area contributed by atoms with Gasteiger partial charge in [-0.05, 0) is 49.4 Å². The summed E-state index contributed by atoms with van der Waals surface area (Å²) >= 11 is 1.41. The molecule has 0 N–H and O–H groups in total. The minimum atomic E-state index is -0.223. The molecule has 1 aliphatic rings. The monoisotopic (exact) mass is 374 g/mol. The maximum atomic E-state index is 12.8. The summed E-state index contributed by atoms with van der Waals surface area (Å²) in [6.45, 7) is 12.7. The summed E-state index contributed by atoms with van der Waals surface area (Å²) in [5, 5.41) is 12.5. The first-order valence-electron chi connectivity index (χ1n) is 9.03. The van der Waals surface area contributed by atoms with E-state index in [0.717, 1.165) is 44.0 Å². The lowest BCUT2D eigenvalue weighted by Gasteiger charge is -2.35. The van der Waals surface area contributed by atoms with Gasteiger partial charge in [-0.3, -0.25) is 4.79 Å². The van der Waals surface area contributed by atoms with Gasteiger partial charge >= 0.3 is 0 Å². The molecule has 0 aliphatic carbocycles. The number of benzene rings is 1. The number of carbonyl (C=O) groups is 1. The molecule has 2 aromatic rings. The molecule has 8 heteroatoms. The number of tetrazole rings is 1. The van der Waals surface area contributed by atoms with Crippen LogP contribution in [0.5, 0.6) is 0 Å². The van der Waals surface area contributed by atoms with Gasteiger partial charge in [-0.2, -0.15) is 4.68 Å². The molecule has 1 fully saturated rings. The van der Waals surface area contributed by atoms with Crippen LogP contribution in [0.1, 0.15) is 25.0 Å². The summed E-state index contributed by atoms with van der Waals surface area (Å²) in [5.74, 6) is 0.154. The lowest BCUT2D eigenvalue weighted by atomic mass is 10.1. The van der Waals surface area contributed by atoms with Crippen LogP contribution >= 0.6 is 11.8 Å². The molecule has 1 aromatic heterocycles. The van der Waals surface area contributed by atoms with Gasteiger partial charge in [0.05, 0.1) is 10.9 Å². The molecule has 1 atom stereocenters. The highest BCUT2D eigenvalue weighted by Gasteiger charge is 2.26. The van der Waals surface area contributed by atoms with E-state index in [1.165, 1.54) is 17.3 Å². The van der Waals surface area contributed by atoms with Crippen molar-refractivity contribution in [2.24, 2.45) is 0 Å². The maximum Gasteiger partial charge on any atom is 0.235 e. The molecule has 0 unspecified atom stereocenters. The average molecular weight is 375 g/mol. The van der Waals surface area contributed by atoms with Gasteiger partial charge in [-0.25, -0.2) is 0 Å². The van der Waals surface area contributed by atoms with Crippen molar-refractivity contribution in [3.63, 3.8) is 0 Å². The lowest BCUT2D eigenvalue weighted by molar-refractivity contribution is -0.132. The van der Waals surface area contributed by atoms with Crippen LogP contribution in [0.15, 0.2) is 23.4 Å². The molecule has 2 heterocycles. The molecule has 0 saturated carbocycles. The van der Waals surface area contributed by atoms with Crippen LogP contribution in [0.4, 0.5) is 0 Å². The molecule has 1 aliphatic heterocycles. The highest BCUT2D eigenvalue weighted by molar-refractivity contribution is 8.00. The fourth-order valence-corrected chi connectivity index (χ4v) is 4.08. The van der Waals surface area contributed by atoms with Gasteiger partial charge in [0.1, 0.15) is 0 Å². The molecule has 26 heavy (non-hydrogen) atoms. The van der Waals surface area contributed by atoms with Crippen LogP contribution in [0, 0.1) is 13.8 Å². The topological polar surface area (TPSA) is 67.2 Å². The number of nitrogens with zero attached hydrogens (tertiary/aromatic N) is 6. The number of hydrogen-bond acceptors (Lipinski definition) is 6. The van der Waals surface area contributed by atoms with E-state index in [1.54, 1.807) is 4.68 Å². The maximum absolute atomic E-state index is 12.8. The molecule has 3 rings (SSSR count). The Morgan fingerprint density at radius 3 is 2.62 bits per heavy atom. The van der Waals surface area contributed by atoms with Crippen molar-refractivity contribution in [3.8, 4) is 5.69 Å². The van der Waals surface area contributed by atoms with Gasteiger partial charge in [0.2, 0.25) is 11.1 Å². The normalized spacial score (nSPS) is 16.7. The van der Waals surface area contributed by atoms with E-state index in [0.29, 0.717) is 5.16 Å². The molecule has 140 valence electrons. The first kappa shape index (κ1) is 18.8. The molecule has 7 nitrogen and oxygen atoms in total. The fraction of sp³-hybridized carbons (Fsp3) is 0.556. The van der Waals surface area contributed by atoms with Crippen LogP contribution in [0.2, 0.25) is 0 Å². The number of carbonyl (C=O) groups excluding carboxylic acids is 1. The Labute approximate surface area is 158 Å². The van der Waals surface area contributed by atoms with Gasteiger partial charge in [-0.1, -0.05) is 36.4 Å². The minimum absolute atomic E-state index is 0.154. The van der Waals surface area contributed by atoms with Crippen molar-refractivity contribution < 1.29 is 4.79 Å². The Morgan fingerprint density at radius 2 is 1.96 bits per heavy atom. The molecule has 0 bridgehead atoms. The predicted molar refractivity (Wildman–Crippen MR) is 103 cm³/mol. The number of rotatable bonds is 5. The summed E-state index contributed by atoms with van der Waals surface area (Å²) in [5.41, 5.74) is 3.25. The van der Waals surface area contributed by atoms with Gasteiger partial charge in [-0.15, -0.1) is 5.10 Å². The Kier molecular flexibility index (Phi) is 5.93. The largest absolute Gasteiger partial charge is 0.339 e. The lowest BCUT2D eigenvalue weighted by Crippen LogP contribution is -2.50. The molecule has 1 amide bonds. The number of likely N-dealkylation sites (N-methyl/N-ethyl adjacent to an activating group) is 1. The fourth-order valence-electron chi connectivity index (χ4n) is 3.20. The van der Waals surface area contributed by atoms with E-state index in [1.807, 2.05) is 30.9 Å². The van der Waals surface area contributed by atoms with Crippen LogP contribution in [0.3, 0.4) is 0 Å². The smallest absolute Gasteiger partial charge is 0.235 e. The van der Waals surface area contributed by atoms with Crippen molar-refractivity contribution >= 4 is 17.7 Å². The van der Waals surface area contributed by atoms with E-state index in [-0.39, 0.29) is 11.2 Å². The zero-order valence-corrected chi connectivity index (χ0v) is 16.7. The van der Waals surface area contributed by atoms with Crippen molar-refractivity contribution in [1.82, 2.24) is 30.0 Å². The molecule has 1 saturated heterocycles. The van der Waals surface area contributed by atoms with Crippen molar-refractivity contribution in [2.45, 2.75) is 38.1 Å². The third-order valence-electron chi connectivity index (χ3n) is 4.78. The summed E-state index contributed by atoms with van der Waals surface area (Å²) in [7, 11) is 0. The summed E-state index contributed by atoms with van der Waals surface area (Å²) in [6.07, 6.45) is 0. The van der Waals surface area contributed by atoms with Crippen molar-refractivity contribution in [1.29, 1.82) is 0 Å².